The summed E-state index contributed by atoms with van der Waals surface area (Å²) in [6, 6.07) is 7.31. The van der Waals surface area contributed by atoms with Crippen molar-refractivity contribution < 1.29 is 28.6 Å². The van der Waals surface area contributed by atoms with Crippen molar-refractivity contribution in [3.63, 3.8) is 0 Å². The molecule has 1 aromatic heterocycles. The number of ketones is 2. The lowest BCUT2D eigenvalue weighted by Gasteiger charge is -2.15. The van der Waals surface area contributed by atoms with E-state index in [9.17, 15) is 14.4 Å². The number of hydrogen-bond donors (Lipinski definition) is 0. The first-order valence-corrected chi connectivity index (χ1v) is 8.22. The Labute approximate surface area is 156 Å². The first-order chi connectivity index (χ1) is 12.9. The number of fused-ring (bicyclic) bond motifs is 1. The second kappa shape index (κ2) is 7.11. The Balaban J connectivity index is 2.18. The van der Waals surface area contributed by atoms with Crippen LogP contribution < -0.4 is 4.74 Å². The van der Waals surface area contributed by atoms with E-state index in [2.05, 4.69) is 0 Å². The van der Waals surface area contributed by atoms with Gasteiger partial charge in [0.25, 0.3) is 0 Å². The molecule has 7 nitrogen and oxygen atoms in total. The molecule has 0 bridgehead atoms. The van der Waals surface area contributed by atoms with E-state index in [0.29, 0.717) is 18.0 Å². The highest BCUT2D eigenvalue weighted by molar-refractivity contribution is 6.26. The molecule has 3 rings (SSSR count). The SMILES string of the molecule is COC(=O)c1c2c(n(Cc3ccc(OC)cc3)c1C)C(=O)C(OC)=CC2=O. The van der Waals surface area contributed by atoms with Crippen LogP contribution in [-0.2, 0) is 16.0 Å². The second-order valence-electron chi connectivity index (χ2n) is 6.02. The normalized spacial score (nSPS) is 13.1. The monoisotopic (exact) mass is 369 g/mol. The van der Waals surface area contributed by atoms with Gasteiger partial charge in [0.15, 0.2) is 11.5 Å². The van der Waals surface area contributed by atoms with E-state index < -0.39 is 17.5 Å². The molecule has 1 aliphatic rings. The molecule has 0 radical (unpaired) electrons. The van der Waals surface area contributed by atoms with Crippen LogP contribution in [0.5, 0.6) is 5.75 Å². The minimum Gasteiger partial charge on any atom is -0.497 e. The molecular formula is C20H19NO6. The fourth-order valence-corrected chi connectivity index (χ4v) is 3.20. The van der Waals surface area contributed by atoms with E-state index in [4.69, 9.17) is 14.2 Å². The second-order valence-corrected chi connectivity index (χ2v) is 6.02. The molecule has 0 saturated heterocycles. The van der Waals surface area contributed by atoms with Crippen molar-refractivity contribution in [1.29, 1.82) is 0 Å². The summed E-state index contributed by atoms with van der Waals surface area (Å²) < 4.78 is 16.7. The maximum absolute atomic E-state index is 12.8. The number of ether oxygens (including phenoxy) is 3. The maximum atomic E-state index is 12.8. The Kier molecular flexibility index (Phi) is 4.85. The fourth-order valence-electron chi connectivity index (χ4n) is 3.20. The van der Waals surface area contributed by atoms with Gasteiger partial charge in [0.1, 0.15) is 11.4 Å². The van der Waals surface area contributed by atoms with Crippen molar-refractivity contribution >= 4 is 17.5 Å². The molecule has 1 aromatic carbocycles. The molecule has 2 aromatic rings. The first kappa shape index (κ1) is 18.4. The third-order valence-corrected chi connectivity index (χ3v) is 4.58. The summed E-state index contributed by atoms with van der Waals surface area (Å²) >= 11 is 0. The van der Waals surface area contributed by atoms with Crippen molar-refractivity contribution in [2.45, 2.75) is 13.5 Å². The largest absolute Gasteiger partial charge is 0.497 e. The summed E-state index contributed by atoms with van der Waals surface area (Å²) in [5, 5.41) is 0. The molecule has 0 aliphatic heterocycles. The smallest absolute Gasteiger partial charge is 0.340 e. The van der Waals surface area contributed by atoms with Crippen LogP contribution in [0.15, 0.2) is 36.1 Å². The third-order valence-electron chi connectivity index (χ3n) is 4.58. The quantitative estimate of drug-likeness (QED) is 0.753. The van der Waals surface area contributed by atoms with Gasteiger partial charge < -0.3 is 18.8 Å². The number of carbonyl (C=O) groups is 3. The summed E-state index contributed by atoms with van der Waals surface area (Å²) in [7, 11) is 4.14. The molecule has 27 heavy (non-hydrogen) atoms. The predicted octanol–water partition coefficient (Wildman–Crippen LogP) is 2.55. The van der Waals surface area contributed by atoms with Crippen molar-refractivity contribution in [1.82, 2.24) is 4.57 Å². The van der Waals surface area contributed by atoms with Crippen LogP contribution in [0.4, 0.5) is 0 Å². The average Bonchev–Trinajstić information content (AvgIpc) is 2.97. The number of methoxy groups -OCH3 is 3. The lowest BCUT2D eigenvalue weighted by Crippen LogP contribution is -2.22. The molecule has 0 N–H and O–H groups in total. The summed E-state index contributed by atoms with van der Waals surface area (Å²) in [6.45, 7) is 1.98. The fraction of sp³-hybridized carbons (Fsp3) is 0.250. The van der Waals surface area contributed by atoms with Gasteiger partial charge in [-0.05, 0) is 24.6 Å². The lowest BCUT2D eigenvalue weighted by molar-refractivity contribution is 0.0596. The van der Waals surface area contributed by atoms with E-state index in [-0.39, 0.29) is 22.6 Å². The van der Waals surface area contributed by atoms with Crippen molar-refractivity contribution in [2.24, 2.45) is 0 Å². The van der Waals surface area contributed by atoms with Gasteiger partial charge in [0, 0.05) is 18.3 Å². The summed E-state index contributed by atoms with van der Waals surface area (Å²) in [5.41, 5.74) is 1.65. The van der Waals surface area contributed by atoms with Gasteiger partial charge in [-0.3, -0.25) is 9.59 Å². The van der Waals surface area contributed by atoms with Gasteiger partial charge in [0.05, 0.1) is 32.5 Å². The van der Waals surface area contributed by atoms with E-state index in [1.807, 2.05) is 12.1 Å². The van der Waals surface area contributed by atoms with E-state index >= 15 is 0 Å². The molecule has 0 saturated carbocycles. The molecule has 1 aliphatic carbocycles. The highest BCUT2D eigenvalue weighted by Crippen LogP contribution is 2.31. The molecule has 0 atom stereocenters. The Morgan fingerprint density at radius 2 is 1.70 bits per heavy atom. The maximum Gasteiger partial charge on any atom is 0.340 e. The molecule has 0 spiro atoms. The molecular weight excluding hydrogens is 350 g/mol. The third kappa shape index (κ3) is 3.01. The minimum atomic E-state index is -0.660. The van der Waals surface area contributed by atoms with E-state index in [1.165, 1.54) is 14.2 Å². The van der Waals surface area contributed by atoms with Gasteiger partial charge >= 0.3 is 5.97 Å². The number of hydrogen-bond acceptors (Lipinski definition) is 6. The number of nitrogens with zero attached hydrogens (tertiary/aromatic N) is 1. The van der Waals surface area contributed by atoms with Gasteiger partial charge in [-0.25, -0.2) is 4.79 Å². The zero-order valence-electron chi connectivity index (χ0n) is 15.5. The highest BCUT2D eigenvalue weighted by atomic mass is 16.5. The van der Waals surface area contributed by atoms with Crippen molar-refractivity contribution in [3.05, 3.63) is 64.2 Å². The van der Waals surface area contributed by atoms with Crippen molar-refractivity contribution in [2.75, 3.05) is 21.3 Å². The van der Waals surface area contributed by atoms with Crippen LogP contribution in [0, 0.1) is 6.92 Å². The number of esters is 1. The van der Waals surface area contributed by atoms with Crippen LogP contribution in [0.3, 0.4) is 0 Å². The number of carbonyl (C=O) groups excluding carboxylic acids is 3. The number of allylic oxidation sites excluding steroid dienone is 2. The number of aromatic nitrogens is 1. The zero-order valence-corrected chi connectivity index (χ0v) is 15.5. The van der Waals surface area contributed by atoms with E-state index in [1.54, 1.807) is 30.7 Å². The summed E-state index contributed by atoms with van der Waals surface area (Å²) in [4.78, 5) is 37.7. The van der Waals surface area contributed by atoms with Crippen molar-refractivity contribution in [3.8, 4) is 5.75 Å². The number of rotatable bonds is 5. The summed E-state index contributed by atoms with van der Waals surface area (Å²) in [6.07, 6.45) is 1.11. The molecule has 7 heteroatoms. The Morgan fingerprint density at radius 1 is 1.04 bits per heavy atom. The van der Waals surface area contributed by atoms with Gasteiger partial charge in [-0.2, -0.15) is 0 Å². The Hall–Kier alpha value is -3.35. The summed E-state index contributed by atoms with van der Waals surface area (Å²) in [5.74, 6) is -0.918. The first-order valence-electron chi connectivity index (χ1n) is 8.22. The van der Waals surface area contributed by atoms with E-state index in [0.717, 1.165) is 11.6 Å². The molecule has 140 valence electrons. The van der Waals surface area contributed by atoms with Crippen LogP contribution in [0.1, 0.15) is 42.5 Å². The highest BCUT2D eigenvalue weighted by Gasteiger charge is 2.37. The number of Topliss-reactive ketones (excluding diaryl/α,β-unsaturated/α-hetero) is 1. The number of benzene rings is 1. The van der Waals surface area contributed by atoms with Crippen LogP contribution in [-0.4, -0.2) is 43.4 Å². The van der Waals surface area contributed by atoms with Gasteiger partial charge in [-0.15, -0.1) is 0 Å². The van der Waals surface area contributed by atoms with Crippen LogP contribution in [0.25, 0.3) is 0 Å². The molecule has 0 unspecified atom stereocenters. The van der Waals surface area contributed by atoms with Crippen LogP contribution in [0.2, 0.25) is 0 Å². The molecule has 1 heterocycles. The average molecular weight is 369 g/mol. The van der Waals surface area contributed by atoms with Gasteiger partial charge in [-0.1, -0.05) is 12.1 Å². The van der Waals surface area contributed by atoms with Gasteiger partial charge in [0.2, 0.25) is 5.78 Å². The lowest BCUT2D eigenvalue weighted by atomic mass is 9.96. The minimum absolute atomic E-state index is 0.0543. The van der Waals surface area contributed by atoms with Crippen LogP contribution >= 0.6 is 0 Å². The Bertz CT molecular complexity index is 965. The standard InChI is InChI=1S/C20H19NO6/c1-11-16(20(24)27-4)17-14(22)9-15(26-3)19(23)18(17)21(11)10-12-5-7-13(25-2)8-6-12/h5-9H,10H2,1-4H3. The predicted molar refractivity (Wildman–Crippen MR) is 96.4 cm³/mol. The molecule has 0 amide bonds. The Morgan fingerprint density at radius 3 is 2.26 bits per heavy atom. The molecule has 0 fully saturated rings. The zero-order chi connectivity index (χ0) is 19.7. The topological polar surface area (TPSA) is 83.8 Å².